The Kier molecular flexibility index (Phi) is 5.94. The maximum absolute atomic E-state index is 11.7. The molecule has 0 atom stereocenters. The minimum atomic E-state index is -0.435. The van der Waals surface area contributed by atoms with Gasteiger partial charge in [-0.15, -0.1) is 0 Å². The number of amides is 1. The second-order valence-electron chi connectivity index (χ2n) is 6.49. The van der Waals surface area contributed by atoms with Crippen LogP contribution in [0.15, 0.2) is 54.1 Å². The van der Waals surface area contributed by atoms with Gasteiger partial charge in [-0.3, -0.25) is 4.79 Å². The van der Waals surface area contributed by atoms with E-state index in [1.165, 1.54) is 0 Å². The van der Waals surface area contributed by atoms with Crippen LogP contribution in [0.2, 0.25) is 0 Å². The van der Waals surface area contributed by atoms with Gasteiger partial charge in [0.25, 0.3) is 0 Å². The molecule has 0 fully saturated rings. The van der Waals surface area contributed by atoms with E-state index in [1.807, 2.05) is 49.4 Å². The van der Waals surface area contributed by atoms with Gasteiger partial charge in [-0.05, 0) is 53.8 Å². The highest BCUT2D eigenvalue weighted by Gasteiger charge is 2.28. The van der Waals surface area contributed by atoms with Crippen molar-refractivity contribution in [3.8, 4) is 5.75 Å². The molecule has 28 heavy (non-hydrogen) atoms. The topological polar surface area (TPSA) is 78.6 Å². The van der Waals surface area contributed by atoms with Crippen LogP contribution in [0.5, 0.6) is 5.75 Å². The summed E-state index contributed by atoms with van der Waals surface area (Å²) < 4.78 is 10.7. The van der Waals surface area contributed by atoms with Crippen molar-refractivity contribution < 1.29 is 19.1 Å². The van der Waals surface area contributed by atoms with Gasteiger partial charge in [-0.2, -0.15) is 0 Å². The summed E-state index contributed by atoms with van der Waals surface area (Å²) in [4.78, 5) is 23.4. The molecule has 1 aliphatic rings. The van der Waals surface area contributed by atoms with Crippen molar-refractivity contribution in [3.05, 3.63) is 70.8 Å². The van der Waals surface area contributed by atoms with Gasteiger partial charge in [0, 0.05) is 5.56 Å². The molecule has 2 aromatic rings. The molecule has 0 saturated heterocycles. The molecular formula is C23H23NO4. The average Bonchev–Trinajstić information content (AvgIpc) is 2.93. The molecule has 0 bridgehead atoms. The number of allylic oxidation sites excluding steroid dienone is 2. The fourth-order valence-electron chi connectivity index (χ4n) is 3.38. The highest BCUT2D eigenvalue weighted by molar-refractivity contribution is 6.09. The van der Waals surface area contributed by atoms with Crippen molar-refractivity contribution in [2.45, 2.75) is 20.3 Å². The van der Waals surface area contributed by atoms with Crippen LogP contribution in [0.25, 0.3) is 17.2 Å². The van der Waals surface area contributed by atoms with Crippen LogP contribution in [0.1, 0.15) is 37.0 Å². The molecule has 0 unspecified atom stereocenters. The smallest absolute Gasteiger partial charge is 0.344 e. The summed E-state index contributed by atoms with van der Waals surface area (Å²) in [5, 5.41) is 0. The van der Waals surface area contributed by atoms with E-state index < -0.39 is 11.9 Å². The summed E-state index contributed by atoms with van der Waals surface area (Å²) in [6.45, 7) is 3.83. The lowest BCUT2D eigenvalue weighted by Crippen LogP contribution is -2.15. The third-order valence-electron chi connectivity index (χ3n) is 4.59. The first-order chi connectivity index (χ1) is 13.5. The van der Waals surface area contributed by atoms with E-state index in [0.717, 1.165) is 33.4 Å². The standard InChI is InChI=1S/C23H23NO4/c1-3-27-22(26)14-28-20-11-7-10-17-18(12-16-8-5-4-6-9-16)15(2)19(23(17)20)13-21(24)25/h4-12H,3,13-14H2,1-2H3,(H2,24,25). The van der Waals surface area contributed by atoms with Gasteiger partial charge < -0.3 is 15.2 Å². The lowest BCUT2D eigenvalue weighted by atomic mass is 10.00. The number of ether oxygens (including phenoxy) is 2. The van der Waals surface area contributed by atoms with E-state index in [0.29, 0.717) is 12.4 Å². The van der Waals surface area contributed by atoms with Gasteiger partial charge in [0.2, 0.25) is 5.91 Å². The van der Waals surface area contributed by atoms with Crippen molar-refractivity contribution in [2.24, 2.45) is 5.73 Å². The Balaban J connectivity index is 2.05. The van der Waals surface area contributed by atoms with Gasteiger partial charge in [-0.25, -0.2) is 4.79 Å². The molecule has 0 aromatic heterocycles. The summed E-state index contributed by atoms with van der Waals surface area (Å²) in [7, 11) is 0. The average molecular weight is 377 g/mol. The number of carbonyl (C=O) groups is 2. The number of esters is 1. The molecule has 2 N–H and O–H groups in total. The van der Waals surface area contributed by atoms with E-state index >= 15 is 0 Å². The second kappa shape index (κ2) is 8.57. The van der Waals surface area contributed by atoms with E-state index in [-0.39, 0.29) is 13.0 Å². The van der Waals surface area contributed by atoms with Crippen LogP contribution in [-0.4, -0.2) is 25.1 Å². The van der Waals surface area contributed by atoms with Crippen LogP contribution >= 0.6 is 0 Å². The van der Waals surface area contributed by atoms with E-state index in [2.05, 4.69) is 6.08 Å². The minimum Gasteiger partial charge on any atom is -0.481 e. The summed E-state index contributed by atoms with van der Waals surface area (Å²) in [5.41, 5.74) is 11.1. The molecular weight excluding hydrogens is 354 g/mol. The number of rotatable bonds is 7. The van der Waals surface area contributed by atoms with Gasteiger partial charge in [-0.1, -0.05) is 42.5 Å². The Morgan fingerprint density at radius 2 is 1.82 bits per heavy atom. The van der Waals surface area contributed by atoms with Gasteiger partial charge in [0.15, 0.2) is 6.61 Å². The quantitative estimate of drug-likeness (QED) is 0.744. The van der Waals surface area contributed by atoms with Crippen LogP contribution in [-0.2, 0) is 14.3 Å². The first kappa shape index (κ1) is 19.4. The Hall–Kier alpha value is -3.34. The van der Waals surface area contributed by atoms with E-state index in [4.69, 9.17) is 15.2 Å². The van der Waals surface area contributed by atoms with Gasteiger partial charge in [0.1, 0.15) is 5.75 Å². The van der Waals surface area contributed by atoms with Crippen LogP contribution in [0, 0.1) is 0 Å². The summed E-state index contributed by atoms with van der Waals surface area (Å²) in [6, 6.07) is 15.6. The number of hydrogen-bond acceptors (Lipinski definition) is 4. The SMILES string of the molecule is CCOC(=O)COc1cccc2c1C(CC(N)=O)=C(C)C2=Cc1ccccc1. The first-order valence-electron chi connectivity index (χ1n) is 9.18. The normalized spacial score (nSPS) is 14.1. The summed E-state index contributed by atoms with van der Waals surface area (Å²) in [6.07, 6.45) is 2.18. The van der Waals surface area contributed by atoms with Crippen LogP contribution in [0.3, 0.4) is 0 Å². The predicted molar refractivity (Wildman–Crippen MR) is 109 cm³/mol. The fourth-order valence-corrected chi connectivity index (χ4v) is 3.38. The third-order valence-corrected chi connectivity index (χ3v) is 4.59. The molecule has 0 heterocycles. The van der Waals surface area contributed by atoms with Crippen molar-refractivity contribution >= 4 is 29.1 Å². The predicted octanol–water partition coefficient (Wildman–Crippen LogP) is 3.83. The molecule has 3 rings (SSSR count). The van der Waals surface area contributed by atoms with Crippen molar-refractivity contribution in [3.63, 3.8) is 0 Å². The molecule has 0 aliphatic heterocycles. The number of nitrogens with two attached hydrogens (primary N) is 1. The number of carbonyl (C=O) groups excluding carboxylic acids is 2. The molecule has 0 radical (unpaired) electrons. The van der Waals surface area contributed by atoms with Gasteiger partial charge >= 0.3 is 5.97 Å². The Morgan fingerprint density at radius 1 is 1.07 bits per heavy atom. The van der Waals surface area contributed by atoms with E-state index in [9.17, 15) is 9.59 Å². The molecule has 0 spiro atoms. The highest BCUT2D eigenvalue weighted by atomic mass is 16.6. The number of fused-ring (bicyclic) bond motifs is 1. The maximum Gasteiger partial charge on any atom is 0.344 e. The Bertz CT molecular complexity index is 958. The largest absolute Gasteiger partial charge is 0.481 e. The Labute approximate surface area is 164 Å². The number of primary amides is 1. The number of benzene rings is 2. The van der Waals surface area contributed by atoms with Crippen molar-refractivity contribution in [1.29, 1.82) is 0 Å². The van der Waals surface area contributed by atoms with E-state index in [1.54, 1.807) is 13.0 Å². The molecule has 0 saturated carbocycles. The Morgan fingerprint density at radius 3 is 2.50 bits per heavy atom. The maximum atomic E-state index is 11.7. The van der Waals surface area contributed by atoms with Crippen LogP contribution < -0.4 is 10.5 Å². The molecule has 1 aliphatic carbocycles. The van der Waals surface area contributed by atoms with Crippen LogP contribution in [0.4, 0.5) is 0 Å². The van der Waals surface area contributed by atoms with Gasteiger partial charge in [0.05, 0.1) is 13.0 Å². The number of hydrogen-bond donors (Lipinski definition) is 1. The first-order valence-corrected chi connectivity index (χ1v) is 9.18. The van der Waals surface area contributed by atoms with Crippen molar-refractivity contribution in [1.82, 2.24) is 0 Å². The molecule has 144 valence electrons. The zero-order chi connectivity index (χ0) is 20.1. The highest BCUT2D eigenvalue weighted by Crippen LogP contribution is 2.47. The lowest BCUT2D eigenvalue weighted by Gasteiger charge is -2.13. The molecule has 1 amide bonds. The monoisotopic (exact) mass is 377 g/mol. The zero-order valence-electron chi connectivity index (χ0n) is 16.0. The van der Waals surface area contributed by atoms with Crippen molar-refractivity contribution in [2.75, 3.05) is 13.2 Å². The summed E-state index contributed by atoms with van der Waals surface area (Å²) >= 11 is 0. The fraction of sp³-hybridized carbons (Fsp3) is 0.217. The second-order valence-corrected chi connectivity index (χ2v) is 6.49. The molecule has 5 nitrogen and oxygen atoms in total. The zero-order valence-corrected chi connectivity index (χ0v) is 16.0. The lowest BCUT2D eigenvalue weighted by molar-refractivity contribution is -0.145. The minimum absolute atomic E-state index is 0.102. The molecule has 2 aromatic carbocycles. The third kappa shape index (κ3) is 4.14. The summed E-state index contributed by atoms with van der Waals surface area (Å²) in [5.74, 6) is -0.311. The molecule has 5 heteroatoms.